The van der Waals surface area contributed by atoms with Crippen LogP contribution in [0.25, 0.3) is 0 Å². The van der Waals surface area contributed by atoms with Crippen LogP contribution in [0.2, 0.25) is 0 Å². The van der Waals surface area contributed by atoms with Crippen LogP contribution in [0.5, 0.6) is 0 Å². The number of β-amino-alcohol motifs (C(OH)–C–C–N with tert-alkyl or cyclic N) is 1. The van der Waals surface area contributed by atoms with E-state index in [9.17, 15) is 13.5 Å². The first-order valence-electron chi connectivity index (χ1n) is 6.57. The lowest BCUT2D eigenvalue weighted by Gasteiger charge is -2.31. The van der Waals surface area contributed by atoms with Gasteiger partial charge in [0.1, 0.15) is 0 Å². The maximum atomic E-state index is 12.5. The smallest absolute Gasteiger partial charge is 0.282 e. The van der Waals surface area contributed by atoms with Crippen molar-refractivity contribution < 1.29 is 13.5 Å². The van der Waals surface area contributed by atoms with Gasteiger partial charge in [-0.2, -0.15) is 17.0 Å². The zero-order chi connectivity index (χ0) is 13.8. The van der Waals surface area contributed by atoms with Crippen LogP contribution in [0.1, 0.15) is 26.7 Å². The quantitative estimate of drug-likeness (QED) is 0.666. The Bertz CT molecular complexity index is 341. The molecule has 2 N–H and O–H groups in total. The molecular formula is C11H25N3O3S. The van der Waals surface area contributed by atoms with Crippen molar-refractivity contribution in [1.29, 1.82) is 0 Å². The minimum absolute atomic E-state index is 0.369. The largest absolute Gasteiger partial charge is 0.390 e. The fraction of sp³-hybridized carbons (Fsp3) is 1.00. The summed E-state index contributed by atoms with van der Waals surface area (Å²) < 4.78 is 27.7. The molecule has 6 nitrogen and oxygen atoms in total. The average Bonchev–Trinajstić information content (AvgIpc) is 2.74. The molecule has 0 aliphatic carbocycles. The Balaban J connectivity index is 2.82. The lowest BCUT2D eigenvalue weighted by molar-refractivity contribution is 0.133. The van der Waals surface area contributed by atoms with E-state index in [0.29, 0.717) is 26.2 Å². The Hall–Kier alpha value is -0.210. The minimum atomic E-state index is -3.48. The van der Waals surface area contributed by atoms with E-state index in [2.05, 4.69) is 5.32 Å². The van der Waals surface area contributed by atoms with Crippen LogP contribution >= 0.6 is 0 Å². The molecule has 1 aliphatic rings. The van der Waals surface area contributed by atoms with Gasteiger partial charge in [-0.25, -0.2) is 0 Å². The number of aliphatic hydroxyl groups is 1. The topological polar surface area (TPSA) is 72.9 Å². The second-order valence-electron chi connectivity index (χ2n) is 4.72. The Labute approximate surface area is 110 Å². The predicted molar refractivity (Wildman–Crippen MR) is 71.5 cm³/mol. The van der Waals surface area contributed by atoms with Crippen molar-refractivity contribution >= 4 is 10.2 Å². The third-order valence-electron chi connectivity index (χ3n) is 3.25. The monoisotopic (exact) mass is 279 g/mol. The van der Waals surface area contributed by atoms with Crippen LogP contribution in [0.4, 0.5) is 0 Å². The van der Waals surface area contributed by atoms with E-state index in [1.54, 1.807) is 7.05 Å². The molecule has 1 rings (SSSR count). The molecule has 0 aromatic carbocycles. The second kappa shape index (κ2) is 6.81. The number of hydrogen-bond donors (Lipinski definition) is 2. The van der Waals surface area contributed by atoms with Gasteiger partial charge in [0.2, 0.25) is 0 Å². The van der Waals surface area contributed by atoms with Crippen molar-refractivity contribution in [2.45, 2.75) is 38.8 Å². The Morgan fingerprint density at radius 1 is 1.22 bits per heavy atom. The van der Waals surface area contributed by atoms with Crippen molar-refractivity contribution in [2.75, 3.05) is 33.2 Å². The zero-order valence-electron chi connectivity index (χ0n) is 11.5. The van der Waals surface area contributed by atoms with Crippen LogP contribution in [0, 0.1) is 0 Å². The molecule has 0 amide bonds. The van der Waals surface area contributed by atoms with E-state index >= 15 is 0 Å². The molecule has 1 aliphatic heterocycles. The third kappa shape index (κ3) is 3.42. The standard InChI is InChI=1S/C11H25N3O3S/c1-4-6-14(7-5-2)18(16,17)13(3)10-8-12-9-11(10)15/h10-12,15H,4-9H2,1-3H3/t10-,11-/m1/s1. The van der Waals surface area contributed by atoms with E-state index in [1.807, 2.05) is 13.8 Å². The minimum Gasteiger partial charge on any atom is -0.390 e. The van der Waals surface area contributed by atoms with Crippen LogP contribution < -0.4 is 5.32 Å². The molecule has 1 fully saturated rings. The van der Waals surface area contributed by atoms with Gasteiger partial charge in [0, 0.05) is 33.2 Å². The summed E-state index contributed by atoms with van der Waals surface area (Å²) in [5.74, 6) is 0. The molecule has 0 radical (unpaired) electrons. The van der Waals surface area contributed by atoms with Crippen molar-refractivity contribution in [3.8, 4) is 0 Å². The Morgan fingerprint density at radius 3 is 2.17 bits per heavy atom. The molecule has 0 spiro atoms. The highest BCUT2D eigenvalue weighted by Crippen LogP contribution is 2.16. The summed E-state index contributed by atoms with van der Waals surface area (Å²) in [6, 6.07) is -0.369. The molecule has 0 aromatic heterocycles. The average molecular weight is 279 g/mol. The van der Waals surface area contributed by atoms with E-state index in [0.717, 1.165) is 12.8 Å². The van der Waals surface area contributed by atoms with Gasteiger partial charge in [0.15, 0.2) is 0 Å². The van der Waals surface area contributed by atoms with Gasteiger partial charge in [-0.3, -0.25) is 0 Å². The summed E-state index contributed by atoms with van der Waals surface area (Å²) >= 11 is 0. The lowest BCUT2D eigenvalue weighted by atomic mass is 10.2. The molecule has 18 heavy (non-hydrogen) atoms. The third-order valence-corrected chi connectivity index (χ3v) is 5.27. The van der Waals surface area contributed by atoms with Gasteiger partial charge in [-0.05, 0) is 12.8 Å². The maximum Gasteiger partial charge on any atom is 0.282 e. The van der Waals surface area contributed by atoms with Crippen LogP contribution in [-0.2, 0) is 10.2 Å². The summed E-state index contributed by atoms with van der Waals surface area (Å²) in [6.07, 6.45) is 0.951. The van der Waals surface area contributed by atoms with Crippen LogP contribution in [0.15, 0.2) is 0 Å². The lowest BCUT2D eigenvalue weighted by Crippen LogP contribution is -2.50. The van der Waals surface area contributed by atoms with Gasteiger partial charge in [0.05, 0.1) is 12.1 Å². The normalized spacial score (nSPS) is 25.2. The Morgan fingerprint density at radius 2 is 1.78 bits per heavy atom. The van der Waals surface area contributed by atoms with Gasteiger partial charge in [0.25, 0.3) is 10.2 Å². The number of hydrogen-bond acceptors (Lipinski definition) is 4. The predicted octanol–water partition coefficient (Wildman–Crippen LogP) is -0.382. The maximum absolute atomic E-state index is 12.5. The van der Waals surface area contributed by atoms with Crippen molar-refractivity contribution in [2.24, 2.45) is 0 Å². The van der Waals surface area contributed by atoms with E-state index in [1.165, 1.54) is 8.61 Å². The van der Waals surface area contributed by atoms with Crippen LogP contribution in [0.3, 0.4) is 0 Å². The highest BCUT2D eigenvalue weighted by molar-refractivity contribution is 7.86. The molecule has 0 aromatic rings. The highest BCUT2D eigenvalue weighted by Gasteiger charge is 2.37. The van der Waals surface area contributed by atoms with Gasteiger partial charge in [-0.1, -0.05) is 13.8 Å². The molecule has 108 valence electrons. The summed E-state index contributed by atoms with van der Waals surface area (Å²) in [5.41, 5.74) is 0. The summed E-state index contributed by atoms with van der Waals surface area (Å²) in [4.78, 5) is 0. The summed E-state index contributed by atoms with van der Waals surface area (Å²) in [5, 5.41) is 12.8. The van der Waals surface area contributed by atoms with Crippen molar-refractivity contribution in [3.63, 3.8) is 0 Å². The van der Waals surface area contributed by atoms with Gasteiger partial charge >= 0.3 is 0 Å². The van der Waals surface area contributed by atoms with Crippen molar-refractivity contribution in [1.82, 2.24) is 13.9 Å². The molecule has 7 heteroatoms. The van der Waals surface area contributed by atoms with E-state index in [4.69, 9.17) is 0 Å². The fourth-order valence-electron chi connectivity index (χ4n) is 2.22. The molecule has 0 unspecified atom stereocenters. The van der Waals surface area contributed by atoms with Crippen LogP contribution in [-0.4, -0.2) is 67.5 Å². The first kappa shape index (κ1) is 15.8. The van der Waals surface area contributed by atoms with Crippen molar-refractivity contribution in [3.05, 3.63) is 0 Å². The molecule has 1 saturated heterocycles. The molecule has 0 saturated carbocycles. The fourth-order valence-corrected chi connectivity index (χ4v) is 3.96. The second-order valence-corrected chi connectivity index (χ2v) is 6.70. The summed E-state index contributed by atoms with van der Waals surface area (Å²) in [7, 11) is -1.92. The van der Waals surface area contributed by atoms with E-state index < -0.39 is 16.3 Å². The van der Waals surface area contributed by atoms with Gasteiger partial charge in [-0.15, -0.1) is 0 Å². The molecule has 0 bridgehead atoms. The molecular weight excluding hydrogens is 254 g/mol. The number of likely N-dealkylation sites (N-methyl/N-ethyl adjacent to an activating group) is 1. The number of aliphatic hydroxyl groups excluding tert-OH is 1. The highest BCUT2D eigenvalue weighted by atomic mass is 32.2. The Kier molecular flexibility index (Phi) is 6.00. The molecule has 1 heterocycles. The SMILES string of the molecule is CCCN(CCC)S(=O)(=O)N(C)[C@@H]1CNC[C@H]1O. The first-order chi connectivity index (χ1) is 8.45. The zero-order valence-corrected chi connectivity index (χ0v) is 12.3. The number of nitrogens with one attached hydrogen (secondary N) is 1. The van der Waals surface area contributed by atoms with E-state index in [-0.39, 0.29) is 6.04 Å². The number of rotatable bonds is 7. The molecule has 2 atom stereocenters. The first-order valence-corrected chi connectivity index (χ1v) is 7.96. The number of nitrogens with zero attached hydrogens (tertiary/aromatic N) is 2. The van der Waals surface area contributed by atoms with Gasteiger partial charge < -0.3 is 10.4 Å². The summed E-state index contributed by atoms with van der Waals surface area (Å²) in [6.45, 7) is 5.93.